The lowest BCUT2D eigenvalue weighted by Gasteiger charge is -2.15. The highest BCUT2D eigenvalue weighted by Gasteiger charge is 2.13. The van der Waals surface area contributed by atoms with Gasteiger partial charge in [-0.3, -0.25) is 4.98 Å². The van der Waals surface area contributed by atoms with E-state index in [4.69, 9.17) is 0 Å². The Morgan fingerprint density at radius 3 is 1.90 bits per heavy atom. The summed E-state index contributed by atoms with van der Waals surface area (Å²) < 4.78 is 0. The van der Waals surface area contributed by atoms with Crippen LogP contribution in [0.4, 0.5) is 0 Å². The second-order valence-corrected chi connectivity index (χ2v) is 4.89. The first-order chi connectivity index (χ1) is 9.69. The summed E-state index contributed by atoms with van der Waals surface area (Å²) in [6, 6.07) is 12.5. The van der Waals surface area contributed by atoms with Crippen LogP contribution in [0.2, 0.25) is 0 Å². The fourth-order valence-electron chi connectivity index (χ4n) is 2.31. The molecule has 0 saturated carbocycles. The Labute approximate surface area is 121 Å². The minimum atomic E-state index is 1.03. The van der Waals surface area contributed by atoms with Gasteiger partial charge >= 0.3 is 0 Å². The Bertz CT molecular complexity index is 612. The van der Waals surface area contributed by atoms with Crippen molar-refractivity contribution in [1.29, 1.82) is 0 Å². The van der Waals surface area contributed by atoms with Gasteiger partial charge in [-0.1, -0.05) is 36.4 Å². The molecule has 1 aromatic carbocycles. The summed E-state index contributed by atoms with van der Waals surface area (Å²) in [7, 11) is 0. The first-order valence-electron chi connectivity index (χ1n) is 7.00. The summed E-state index contributed by atoms with van der Waals surface area (Å²) in [5.41, 5.74) is 7.31. The van der Waals surface area contributed by atoms with Crippen LogP contribution in [-0.4, -0.2) is 4.98 Å². The van der Waals surface area contributed by atoms with Gasteiger partial charge in [-0.2, -0.15) is 0 Å². The molecule has 20 heavy (non-hydrogen) atoms. The molecule has 1 heterocycles. The maximum atomic E-state index is 4.55. The quantitative estimate of drug-likeness (QED) is 0.703. The van der Waals surface area contributed by atoms with Crippen LogP contribution in [0.5, 0.6) is 0 Å². The van der Waals surface area contributed by atoms with Crippen molar-refractivity contribution in [3.8, 4) is 11.3 Å². The molecule has 0 fully saturated rings. The van der Waals surface area contributed by atoms with E-state index < -0.39 is 0 Å². The standard InChI is InChI=1S/C19H21N/c1-5-14(3)16-10-9-11-17(15(4)6-2)19(16)18-12-7-8-13-20-18/h5-13H,1-4H3/b14-5-,15-6+. The Morgan fingerprint density at radius 2 is 1.45 bits per heavy atom. The van der Waals surface area contributed by atoms with Crippen molar-refractivity contribution < 1.29 is 0 Å². The highest BCUT2D eigenvalue weighted by molar-refractivity contribution is 5.88. The van der Waals surface area contributed by atoms with E-state index in [1.54, 1.807) is 0 Å². The lowest BCUT2D eigenvalue weighted by atomic mass is 9.90. The van der Waals surface area contributed by atoms with Crippen LogP contribution in [-0.2, 0) is 0 Å². The molecule has 0 aliphatic rings. The monoisotopic (exact) mass is 263 g/mol. The zero-order valence-electron chi connectivity index (χ0n) is 12.6. The van der Waals surface area contributed by atoms with Gasteiger partial charge in [0.2, 0.25) is 0 Å². The van der Waals surface area contributed by atoms with Crippen LogP contribution < -0.4 is 0 Å². The smallest absolute Gasteiger partial charge is 0.0714 e. The van der Waals surface area contributed by atoms with Crippen molar-refractivity contribution in [2.24, 2.45) is 0 Å². The number of hydrogen-bond acceptors (Lipinski definition) is 1. The normalized spacial score (nSPS) is 12.6. The van der Waals surface area contributed by atoms with E-state index in [-0.39, 0.29) is 0 Å². The molecular weight excluding hydrogens is 242 g/mol. The highest BCUT2D eigenvalue weighted by atomic mass is 14.7. The molecule has 0 unspecified atom stereocenters. The maximum absolute atomic E-state index is 4.55. The topological polar surface area (TPSA) is 12.9 Å². The average Bonchev–Trinajstić information content (AvgIpc) is 2.53. The van der Waals surface area contributed by atoms with Gasteiger partial charge in [0.25, 0.3) is 0 Å². The van der Waals surface area contributed by atoms with E-state index in [1.807, 2.05) is 18.3 Å². The zero-order valence-corrected chi connectivity index (χ0v) is 12.6. The van der Waals surface area contributed by atoms with Gasteiger partial charge in [0.05, 0.1) is 5.69 Å². The van der Waals surface area contributed by atoms with E-state index in [1.165, 1.54) is 27.8 Å². The summed E-state index contributed by atoms with van der Waals surface area (Å²) >= 11 is 0. The largest absolute Gasteiger partial charge is 0.256 e. The van der Waals surface area contributed by atoms with Crippen LogP contribution in [0.3, 0.4) is 0 Å². The molecule has 0 aliphatic heterocycles. The van der Waals surface area contributed by atoms with Crippen molar-refractivity contribution in [2.75, 3.05) is 0 Å². The van der Waals surface area contributed by atoms with Crippen molar-refractivity contribution in [2.45, 2.75) is 27.7 Å². The predicted molar refractivity (Wildman–Crippen MR) is 88.3 cm³/mol. The first kappa shape index (κ1) is 14.3. The lowest BCUT2D eigenvalue weighted by molar-refractivity contribution is 1.31. The molecule has 0 saturated heterocycles. The molecule has 1 aromatic heterocycles. The highest BCUT2D eigenvalue weighted by Crippen LogP contribution is 2.34. The van der Waals surface area contributed by atoms with E-state index in [0.717, 1.165) is 5.69 Å². The fourth-order valence-corrected chi connectivity index (χ4v) is 2.31. The molecule has 1 nitrogen and oxygen atoms in total. The van der Waals surface area contributed by atoms with Crippen LogP contribution in [0.1, 0.15) is 38.8 Å². The first-order valence-corrected chi connectivity index (χ1v) is 7.00. The molecule has 102 valence electrons. The van der Waals surface area contributed by atoms with Gasteiger partial charge in [-0.25, -0.2) is 0 Å². The van der Waals surface area contributed by atoms with Crippen molar-refractivity contribution in [3.05, 3.63) is 65.9 Å². The van der Waals surface area contributed by atoms with Gasteiger partial charge in [-0.05, 0) is 62.1 Å². The summed E-state index contributed by atoms with van der Waals surface area (Å²) in [6.45, 7) is 8.45. The van der Waals surface area contributed by atoms with Crippen LogP contribution in [0, 0.1) is 0 Å². The third kappa shape index (κ3) is 2.72. The molecule has 0 N–H and O–H groups in total. The summed E-state index contributed by atoms with van der Waals surface area (Å²) in [6.07, 6.45) is 6.15. The Hall–Kier alpha value is -2.15. The second-order valence-electron chi connectivity index (χ2n) is 4.89. The number of benzene rings is 1. The molecule has 0 spiro atoms. The number of hydrogen-bond donors (Lipinski definition) is 0. The third-order valence-electron chi connectivity index (χ3n) is 3.70. The number of allylic oxidation sites excluding steroid dienone is 4. The van der Waals surface area contributed by atoms with E-state index >= 15 is 0 Å². The molecule has 1 heteroatoms. The van der Waals surface area contributed by atoms with E-state index in [9.17, 15) is 0 Å². The van der Waals surface area contributed by atoms with E-state index in [2.05, 4.69) is 69.1 Å². The molecule has 0 bridgehead atoms. The minimum Gasteiger partial charge on any atom is -0.256 e. The summed E-state index contributed by atoms with van der Waals surface area (Å²) in [4.78, 5) is 4.55. The molecule has 0 atom stereocenters. The Morgan fingerprint density at radius 1 is 0.850 bits per heavy atom. The minimum absolute atomic E-state index is 1.03. The van der Waals surface area contributed by atoms with Gasteiger partial charge in [0.15, 0.2) is 0 Å². The van der Waals surface area contributed by atoms with Crippen molar-refractivity contribution in [1.82, 2.24) is 4.98 Å². The summed E-state index contributed by atoms with van der Waals surface area (Å²) in [5, 5.41) is 0. The van der Waals surface area contributed by atoms with Gasteiger partial charge < -0.3 is 0 Å². The molecule has 0 amide bonds. The molecule has 0 aliphatic carbocycles. The SMILES string of the molecule is C/C=C(/C)c1cccc(/C(C)=C/C)c1-c1ccccn1. The number of pyridine rings is 1. The van der Waals surface area contributed by atoms with Crippen LogP contribution >= 0.6 is 0 Å². The summed E-state index contributed by atoms with van der Waals surface area (Å²) in [5.74, 6) is 0. The Balaban J connectivity index is 2.79. The van der Waals surface area contributed by atoms with Crippen molar-refractivity contribution >= 4 is 11.1 Å². The van der Waals surface area contributed by atoms with Crippen LogP contribution in [0.15, 0.2) is 54.7 Å². The van der Waals surface area contributed by atoms with Gasteiger partial charge in [-0.15, -0.1) is 0 Å². The number of rotatable bonds is 3. The zero-order chi connectivity index (χ0) is 14.5. The fraction of sp³-hybridized carbons (Fsp3) is 0.211. The Kier molecular flexibility index (Phi) is 4.52. The predicted octanol–water partition coefficient (Wildman–Crippen LogP) is 5.60. The molecular formula is C19H21N. The maximum Gasteiger partial charge on any atom is 0.0714 e. The van der Waals surface area contributed by atoms with Gasteiger partial charge in [0, 0.05) is 11.8 Å². The van der Waals surface area contributed by atoms with Crippen LogP contribution in [0.25, 0.3) is 22.4 Å². The second kappa shape index (κ2) is 6.33. The van der Waals surface area contributed by atoms with E-state index in [0.29, 0.717) is 0 Å². The van der Waals surface area contributed by atoms with Gasteiger partial charge in [0.1, 0.15) is 0 Å². The molecule has 0 radical (unpaired) electrons. The molecule has 2 aromatic rings. The number of nitrogens with zero attached hydrogens (tertiary/aromatic N) is 1. The molecule has 2 rings (SSSR count). The van der Waals surface area contributed by atoms with Crippen molar-refractivity contribution in [3.63, 3.8) is 0 Å². The number of aromatic nitrogens is 1. The average molecular weight is 263 g/mol. The lowest BCUT2D eigenvalue weighted by Crippen LogP contribution is -1.95. The third-order valence-corrected chi connectivity index (χ3v) is 3.70.